The van der Waals surface area contributed by atoms with Gasteiger partial charge in [0.1, 0.15) is 10.3 Å². The molecule has 1 aromatic heterocycles. The van der Waals surface area contributed by atoms with Crippen LogP contribution in [-0.4, -0.2) is 16.1 Å². The summed E-state index contributed by atoms with van der Waals surface area (Å²) in [5, 5.41) is 8.93. The van der Waals surface area contributed by atoms with Gasteiger partial charge in [0.05, 0.1) is 6.42 Å². The normalized spacial score (nSPS) is 12.5. The van der Waals surface area contributed by atoms with E-state index in [0.717, 1.165) is 0 Å². The molecule has 0 saturated carbocycles. The molecule has 0 aliphatic heterocycles. The lowest BCUT2D eigenvalue weighted by molar-refractivity contribution is -0.137. The van der Waals surface area contributed by atoms with Gasteiger partial charge < -0.3 is 10.8 Å². The van der Waals surface area contributed by atoms with Crippen molar-refractivity contribution in [2.45, 2.75) is 12.5 Å². The second-order valence-corrected chi connectivity index (χ2v) is 3.52. The Morgan fingerprint density at radius 3 is 2.43 bits per heavy atom. The first-order valence-electron chi connectivity index (χ1n) is 3.79. The van der Waals surface area contributed by atoms with Crippen LogP contribution < -0.4 is 5.73 Å². The van der Waals surface area contributed by atoms with Gasteiger partial charge in [-0.2, -0.15) is 0 Å². The molecule has 0 fully saturated rings. The number of hydrogen-bond donors (Lipinski definition) is 2. The van der Waals surface area contributed by atoms with Crippen LogP contribution in [0.15, 0.2) is 12.1 Å². The van der Waals surface area contributed by atoms with Crippen molar-refractivity contribution in [1.82, 2.24) is 4.98 Å². The Kier molecular flexibility index (Phi) is 3.69. The first-order chi connectivity index (χ1) is 6.49. The first-order valence-corrected chi connectivity index (χ1v) is 4.55. The monoisotopic (exact) mass is 234 g/mol. The Bertz CT molecular complexity index is 337. The minimum Gasteiger partial charge on any atom is -0.481 e. The largest absolute Gasteiger partial charge is 0.481 e. The van der Waals surface area contributed by atoms with Gasteiger partial charge in [0.25, 0.3) is 0 Å². The highest BCUT2D eigenvalue weighted by atomic mass is 35.5. The van der Waals surface area contributed by atoms with Crippen LogP contribution in [0.2, 0.25) is 10.3 Å². The van der Waals surface area contributed by atoms with Crippen molar-refractivity contribution in [3.05, 3.63) is 28.0 Å². The van der Waals surface area contributed by atoms with E-state index in [0.29, 0.717) is 5.56 Å². The molecule has 0 bridgehead atoms. The summed E-state index contributed by atoms with van der Waals surface area (Å²) >= 11 is 11.3. The minimum atomic E-state index is -0.971. The van der Waals surface area contributed by atoms with Crippen LogP contribution in [0.5, 0.6) is 0 Å². The van der Waals surface area contributed by atoms with Crippen molar-refractivity contribution in [3.63, 3.8) is 0 Å². The lowest BCUT2D eigenvalue weighted by atomic mass is 10.1. The fourth-order valence-electron chi connectivity index (χ4n) is 1.00. The zero-order valence-electron chi connectivity index (χ0n) is 7.08. The molecule has 0 aliphatic carbocycles. The Morgan fingerprint density at radius 1 is 1.50 bits per heavy atom. The first kappa shape index (κ1) is 11.2. The fraction of sp³-hybridized carbons (Fsp3) is 0.250. The Balaban J connectivity index is 2.89. The third kappa shape index (κ3) is 3.14. The molecule has 0 aliphatic rings. The molecule has 14 heavy (non-hydrogen) atoms. The van der Waals surface area contributed by atoms with Gasteiger partial charge in [-0.15, -0.1) is 0 Å². The van der Waals surface area contributed by atoms with Crippen LogP contribution in [0, 0.1) is 0 Å². The van der Waals surface area contributed by atoms with Crippen molar-refractivity contribution < 1.29 is 9.90 Å². The van der Waals surface area contributed by atoms with E-state index in [4.69, 9.17) is 34.0 Å². The molecule has 76 valence electrons. The Morgan fingerprint density at radius 2 is 2.00 bits per heavy atom. The molecule has 1 unspecified atom stereocenters. The predicted octanol–water partition coefficient (Wildman–Crippen LogP) is 1.86. The van der Waals surface area contributed by atoms with Crippen LogP contribution >= 0.6 is 23.2 Å². The Labute approximate surface area is 90.6 Å². The molecule has 4 nitrogen and oxygen atoms in total. The molecule has 1 aromatic rings. The van der Waals surface area contributed by atoms with Gasteiger partial charge in [-0.05, 0) is 17.7 Å². The van der Waals surface area contributed by atoms with Crippen molar-refractivity contribution in [2.24, 2.45) is 5.73 Å². The fourth-order valence-corrected chi connectivity index (χ4v) is 1.48. The molecule has 0 radical (unpaired) electrons. The average molecular weight is 235 g/mol. The SMILES string of the molecule is NC(CC(=O)O)c1cc(Cl)nc(Cl)c1. The standard InChI is InChI=1S/C8H8Cl2N2O2/c9-6-1-4(2-7(10)12-6)5(11)3-8(13)14/h1-2,5H,3,11H2,(H,13,14). The molecule has 0 spiro atoms. The number of carboxylic acid groups (broad SMARTS) is 1. The van der Waals surface area contributed by atoms with Gasteiger partial charge in [0, 0.05) is 6.04 Å². The number of nitrogens with zero attached hydrogens (tertiary/aromatic N) is 1. The van der Waals surface area contributed by atoms with Gasteiger partial charge in [-0.3, -0.25) is 4.79 Å². The number of pyridine rings is 1. The van der Waals surface area contributed by atoms with E-state index in [-0.39, 0.29) is 16.7 Å². The van der Waals surface area contributed by atoms with Gasteiger partial charge in [0.15, 0.2) is 0 Å². The Hall–Kier alpha value is -0.840. The summed E-state index contributed by atoms with van der Waals surface area (Å²) in [6.45, 7) is 0. The predicted molar refractivity (Wildman–Crippen MR) is 53.4 cm³/mol. The van der Waals surface area contributed by atoms with Crippen molar-refractivity contribution >= 4 is 29.2 Å². The lowest BCUT2D eigenvalue weighted by Crippen LogP contribution is -2.15. The number of halogens is 2. The maximum Gasteiger partial charge on any atom is 0.305 e. The van der Waals surface area contributed by atoms with E-state index in [1.165, 1.54) is 12.1 Å². The van der Waals surface area contributed by atoms with Gasteiger partial charge in [0.2, 0.25) is 0 Å². The zero-order chi connectivity index (χ0) is 10.7. The lowest BCUT2D eigenvalue weighted by Gasteiger charge is -2.09. The zero-order valence-corrected chi connectivity index (χ0v) is 8.59. The highest BCUT2D eigenvalue weighted by Crippen LogP contribution is 2.20. The minimum absolute atomic E-state index is 0.170. The summed E-state index contributed by atoms with van der Waals surface area (Å²) in [5.74, 6) is -0.971. The van der Waals surface area contributed by atoms with Gasteiger partial charge >= 0.3 is 5.97 Å². The molecule has 0 saturated heterocycles. The van der Waals surface area contributed by atoms with E-state index >= 15 is 0 Å². The van der Waals surface area contributed by atoms with Crippen LogP contribution in [0.1, 0.15) is 18.0 Å². The van der Waals surface area contributed by atoms with Gasteiger partial charge in [-0.25, -0.2) is 4.98 Å². The summed E-state index contributed by atoms with van der Waals surface area (Å²) in [6, 6.07) is 2.38. The maximum atomic E-state index is 10.4. The summed E-state index contributed by atoms with van der Waals surface area (Å²) in [5.41, 5.74) is 6.17. The third-order valence-electron chi connectivity index (χ3n) is 1.61. The quantitative estimate of drug-likeness (QED) is 0.784. The second kappa shape index (κ2) is 4.59. The molecule has 6 heteroatoms. The molecule has 0 aromatic carbocycles. The highest BCUT2D eigenvalue weighted by Gasteiger charge is 2.12. The van der Waals surface area contributed by atoms with Crippen molar-refractivity contribution in [1.29, 1.82) is 0 Å². The number of aliphatic carboxylic acids is 1. The van der Waals surface area contributed by atoms with Crippen molar-refractivity contribution in [3.8, 4) is 0 Å². The van der Waals surface area contributed by atoms with Crippen LogP contribution in [-0.2, 0) is 4.79 Å². The molecular weight excluding hydrogens is 227 g/mol. The van der Waals surface area contributed by atoms with E-state index in [9.17, 15) is 4.79 Å². The van der Waals surface area contributed by atoms with Crippen molar-refractivity contribution in [2.75, 3.05) is 0 Å². The number of aromatic nitrogens is 1. The number of rotatable bonds is 3. The molecule has 3 N–H and O–H groups in total. The van der Waals surface area contributed by atoms with Crippen LogP contribution in [0.3, 0.4) is 0 Å². The second-order valence-electron chi connectivity index (χ2n) is 2.75. The summed E-state index contributed by atoms with van der Waals surface area (Å²) in [6.07, 6.45) is -0.170. The maximum absolute atomic E-state index is 10.4. The number of nitrogens with two attached hydrogens (primary N) is 1. The van der Waals surface area contributed by atoms with E-state index in [1.807, 2.05) is 0 Å². The molecule has 1 rings (SSSR count). The summed E-state index contributed by atoms with van der Waals surface area (Å²) < 4.78 is 0. The number of carboxylic acids is 1. The van der Waals surface area contributed by atoms with Crippen LogP contribution in [0.4, 0.5) is 0 Å². The smallest absolute Gasteiger partial charge is 0.305 e. The molecular formula is C8H8Cl2N2O2. The van der Waals surface area contributed by atoms with Crippen LogP contribution in [0.25, 0.3) is 0 Å². The molecule has 1 atom stereocenters. The topological polar surface area (TPSA) is 76.2 Å². The van der Waals surface area contributed by atoms with Gasteiger partial charge in [-0.1, -0.05) is 23.2 Å². The van der Waals surface area contributed by atoms with E-state index in [1.54, 1.807) is 0 Å². The molecule has 1 heterocycles. The van der Waals surface area contributed by atoms with E-state index in [2.05, 4.69) is 4.98 Å². The summed E-state index contributed by atoms with van der Waals surface area (Å²) in [7, 11) is 0. The van der Waals surface area contributed by atoms with E-state index < -0.39 is 12.0 Å². The average Bonchev–Trinajstić information content (AvgIpc) is 2.00. The third-order valence-corrected chi connectivity index (χ3v) is 2.00. The summed E-state index contributed by atoms with van der Waals surface area (Å²) in [4.78, 5) is 14.1. The number of hydrogen-bond acceptors (Lipinski definition) is 3. The number of carbonyl (C=O) groups is 1. The highest BCUT2D eigenvalue weighted by molar-refractivity contribution is 6.32. The molecule has 0 amide bonds.